The van der Waals surface area contributed by atoms with Crippen molar-refractivity contribution in [2.45, 2.75) is 25.2 Å². The van der Waals surface area contributed by atoms with E-state index in [2.05, 4.69) is 13.8 Å². The Bertz CT molecular complexity index is 594. The molecule has 0 aliphatic rings. The Morgan fingerprint density at radius 3 is 2.40 bits per heavy atom. The number of hydrogen-bond donors (Lipinski definition) is 1. The summed E-state index contributed by atoms with van der Waals surface area (Å²) >= 11 is 0. The van der Waals surface area contributed by atoms with Crippen molar-refractivity contribution in [3.8, 4) is 0 Å². The molecule has 20 heavy (non-hydrogen) atoms. The molecule has 2 N–H and O–H groups in total. The van der Waals surface area contributed by atoms with Gasteiger partial charge in [0.15, 0.2) is 9.84 Å². The van der Waals surface area contributed by atoms with E-state index in [0.29, 0.717) is 18.0 Å². The van der Waals surface area contributed by atoms with Crippen molar-refractivity contribution >= 4 is 21.4 Å². The Morgan fingerprint density at radius 2 is 1.90 bits per heavy atom. The van der Waals surface area contributed by atoms with Gasteiger partial charge in [-0.15, -0.1) is 0 Å². The maximum atomic E-state index is 12.3. The van der Waals surface area contributed by atoms with Crippen molar-refractivity contribution in [1.29, 1.82) is 0 Å². The molecule has 0 spiro atoms. The lowest BCUT2D eigenvalue weighted by Crippen LogP contribution is -2.28. The predicted octanol–water partition coefficient (Wildman–Crippen LogP) is 1.79. The molecule has 0 heterocycles. The Balaban J connectivity index is 3.02. The Morgan fingerprint density at radius 1 is 1.30 bits per heavy atom. The van der Waals surface area contributed by atoms with E-state index in [4.69, 9.17) is 5.73 Å². The van der Waals surface area contributed by atoms with E-state index in [9.17, 15) is 13.2 Å². The average Bonchev–Trinajstić information content (AvgIpc) is 2.33. The highest BCUT2D eigenvalue weighted by Gasteiger charge is 2.16. The summed E-state index contributed by atoms with van der Waals surface area (Å²) in [4.78, 5) is 13.9. The van der Waals surface area contributed by atoms with Crippen molar-refractivity contribution in [1.82, 2.24) is 4.90 Å². The van der Waals surface area contributed by atoms with Gasteiger partial charge in [-0.05, 0) is 30.5 Å². The van der Waals surface area contributed by atoms with Crippen LogP contribution in [0.5, 0.6) is 0 Å². The first-order chi connectivity index (χ1) is 9.11. The molecule has 6 heteroatoms. The van der Waals surface area contributed by atoms with Crippen LogP contribution < -0.4 is 5.73 Å². The number of nitrogens with two attached hydrogens (primary N) is 1. The lowest BCUT2D eigenvalue weighted by atomic mass is 10.1. The zero-order valence-electron chi connectivity index (χ0n) is 12.4. The number of sulfone groups is 1. The number of hydrogen-bond acceptors (Lipinski definition) is 4. The monoisotopic (exact) mass is 298 g/mol. The van der Waals surface area contributed by atoms with Crippen LogP contribution in [0.3, 0.4) is 0 Å². The summed E-state index contributed by atoms with van der Waals surface area (Å²) in [7, 11) is -1.68. The molecule has 1 aromatic carbocycles. The van der Waals surface area contributed by atoms with E-state index in [1.807, 2.05) is 0 Å². The molecule has 1 aromatic rings. The fourth-order valence-electron chi connectivity index (χ4n) is 1.73. The van der Waals surface area contributed by atoms with Gasteiger partial charge in [0.25, 0.3) is 5.91 Å². The van der Waals surface area contributed by atoms with Crippen LogP contribution in [0.25, 0.3) is 0 Å². The number of anilines is 1. The van der Waals surface area contributed by atoms with Crippen molar-refractivity contribution < 1.29 is 13.2 Å². The molecule has 0 aliphatic heterocycles. The van der Waals surface area contributed by atoms with Gasteiger partial charge in [0, 0.05) is 31.1 Å². The van der Waals surface area contributed by atoms with Crippen LogP contribution in [0.15, 0.2) is 23.1 Å². The van der Waals surface area contributed by atoms with Crippen molar-refractivity contribution in [3.05, 3.63) is 23.8 Å². The highest BCUT2D eigenvalue weighted by molar-refractivity contribution is 7.90. The van der Waals surface area contributed by atoms with Gasteiger partial charge in [-0.1, -0.05) is 13.8 Å². The lowest BCUT2D eigenvalue weighted by Gasteiger charge is -2.19. The Kier molecular flexibility index (Phi) is 5.16. The minimum absolute atomic E-state index is 0.0677. The summed E-state index contributed by atoms with van der Waals surface area (Å²) < 4.78 is 23.1. The fraction of sp³-hybridized carbons (Fsp3) is 0.500. The lowest BCUT2D eigenvalue weighted by molar-refractivity contribution is 0.0789. The van der Waals surface area contributed by atoms with Crippen molar-refractivity contribution in [3.63, 3.8) is 0 Å². The molecule has 0 aromatic heterocycles. The second kappa shape index (κ2) is 6.26. The van der Waals surface area contributed by atoms with Gasteiger partial charge >= 0.3 is 0 Å². The minimum atomic E-state index is -3.38. The van der Waals surface area contributed by atoms with Gasteiger partial charge in [0.1, 0.15) is 0 Å². The van der Waals surface area contributed by atoms with Gasteiger partial charge in [-0.2, -0.15) is 0 Å². The van der Waals surface area contributed by atoms with Crippen LogP contribution in [0.1, 0.15) is 30.6 Å². The van der Waals surface area contributed by atoms with Crippen LogP contribution in [0.4, 0.5) is 5.69 Å². The smallest absolute Gasteiger partial charge is 0.253 e. The average molecular weight is 298 g/mol. The van der Waals surface area contributed by atoms with Crippen LogP contribution in [0.2, 0.25) is 0 Å². The van der Waals surface area contributed by atoms with Crippen molar-refractivity contribution in [2.24, 2.45) is 5.92 Å². The molecular formula is C14H22N2O3S. The van der Waals surface area contributed by atoms with Crippen LogP contribution in [-0.4, -0.2) is 39.1 Å². The standard InChI is InChI=1S/C14H22N2O3S/c1-10(2)5-6-16(3)14(17)11-7-12(15)9-13(8-11)20(4,18)19/h7-10H,5-6,15H2,1-4H3. The first kappa shape index (κ1) is 16.5. The number of amides is 1. The summed E-state index contributed by atoms with van der Waals surface area (Å²) in [6.07, 6.45) is 1.99. The molecule has 0 bridgehead atoms. The van der Waals surface area contributed by atoms with E-state index in [-0.39, 0.29) is 16.5 Å². The second-order valence-electron chi connectivity index (χ2n) is 5.47. The van der Waals surface area contributed by atoms with E-state index in [1.54, 1.807) is 11.9 Å². The van der Waals surface area contributed by atoms with Gasteiger partial charge in [0.2, 0.25) is 0 Å². The third kappa shape index (κ3) is 4.52. The third-order valence-corrected chi connectivity index (χ3v) is 4.08. The van der Waals surface area contributed by atoms with Crippen molar-refractivity contribution in [2.75, 3.05) is 25.6 Å². The van der Waals surface area contributed by atoms with Gasteiger partial charge < -0.3 is 10.6 Å². The maximum absolute atomic E-state index is 12.3. The SMILES string of the molecule is CC(C)CCN(C)C(=O)c1cc(N)cc(S(C)(=O)=O)c1. The van der Waals surface area contributed by atoms with E-state index in [0.717, 1.165) is 12.7 Å². The number of nitrogen functional groups attached to an aromatic ring is 1. The van der Waals surface area contributed by atoms with Crippen LogP contribution in [0, 0.1) is 5.92 Å². The number of benzene rings is 1. The fourth-order valence-corrected chi connectivity index (χ4v) is 2.42. The molecule has 0 saturated heterocycles. The zero-order chi connectivity index (χ0) is 15.5. The molecule has 0 fully saturated rings. The molecule has 0 saturated carbocycles. The van der Waals surface area contributed by atoms with Gasteiger partial charge in [0.05, 0.1) is 4.90 Å². The first-order valence-electron chi connectivity index (χ1n) is 6.47. The normalized spacial score (nSPS) is 11.7. The highest BCUT2D eigenvalue weighted by atomic mass is 32.2. The quantitative estimate of drug-likeness (QED) is 0.840. The minimum Gasteiger partial charge on any atom is -0.399 e. The first-order valence-corrected chi connectivity index (χ1v) is 8.36. The second-order valence-corrected chi connectivity index (χ2v) is 7.49. The van der Waals surface area contributed by atoms with Gasteiger partial charge in [-0.25, -0.2) is 8.42 Å². The van der Waals surface area contributed by atoms with Crippen LogP contribution >= 0.6 is 0 Å². The summed E-state index contributed by atoms with van der Waals surface area (Å²) in [6.45, 7) is 4.79. The van der Waals surface area contributed by atoms with E-state index in [1.165, 1.54) is 18.2 Å². The number of carbonyl (C=O) groups excluding carboxylic acids is 1. The largest absolute Gasteiger partial charge is 0.399 e. The van der Waals surface area contributed by atoms with Crippen LogP contribution in [-0.2, 0) is 9.84 Å². The zero-order valence-corrected chi connectivity index (χ0v) is 13.2. The molecule has 1 rings (SSSR count). The molecule has 0 radical (unpaired) electrons. The Hall–Kier alpha value is -1.56. The molecule has 112 valence electrons. The summed E-state index contributed by atoms with van der Waals surface area (Å²) in [6, 6.07) is 4.24. The molecular weight excluding hydrogens is 276 g/mol. The third-order valence-electron chi connectivity index (χ3n) is 2.99. The summed E-state index contributed by atoms with van der Waals surface area (Å²) in [5, 5.41) is 0. The number of nitrogens with zero attached hydrogens (tertiary/aromatic N) is 1. The van der Waals surface area contributed by atoms with E-state index >= 15 is 0 Å². The summed E-state index contributed by atoms with van der Waals surface area (Å²) in [5.74, 6) is 0.278. The number of carbonyl (C=O) groups is 1. The molecule has 0 atom stereocenters. The molecule has 0 unspecified atom stereocenters. The van der Waals surface area contributed by atoms with Gasteiger partial charge in [-0.3, -0.25) is 4.79 Å². The molecule has 0 aliphatic carbocycles. The Labute approximate surface area is 120 Å². The summed E-state index contributed by atoms with van der Waals surface area (Å²) in [5.41, 5.74) is 6.26. The predicted molar refractivity (Wildman–Crippen MR) is 80.4 cm³/mol. The number of rotatable bonds is 5. The molecule has 1 amide bonds. The topological polar surface area (TPSA) is 80.5 Å². The highest BCUT2D eigenvalue weighted by Crippen LogP contribution is 2.18. The van der Waals surface area contributed by atoms with E-state index < -0.39 is 9.84 Å². The maximum Gasteiger partial charge on any atom is 0.253 e. The molecule has 5 nitrogen and oxygen atoms in total.